The third-order valence-electron chi connectivity index (χ3n) is 17.7. The fraction of sp³-hybridized carbons (Fsp3) is 0.569. The summed E-state index contributed by atoms with van der Waals surface area (Å²) in [6.07, 6.45) is 3.10. The maximum atomic E-state index is 15.8. The Balaban J connectivity index is 1.20. The number of unbranched alkanes of at least 4 members (excludes halogenated alkanes) is 13. The fourth-order valence-electron chi connectivity index (χ4n) is 13.2. The fourth-order valence-corrected chi connectivity index (χ4v) is 13.2. The summed E-state index contributed by atoms with van der Waals surface area (Å²) in [6, 6.07) is 23.2. The molecule has 4 N–H and O–H groups in total. The summed E-state index contributed by atoms with van der Waals surface area (Å²) in [5, 5.41) is 38.1. The third kappa shape index (κ3) is 14.4. The molecule has 1 heterocycles. The van der Waals surface area contributed by atoms with E-state index in [4.69, 9.17) is 33.5 Å². The zero-order valence-electron chi connectivity index (χ0n) is 48.8. The van der Waals surface area contributed by atoms with E-state index in [9.17, 15) is 39.0 Å². The van der Waals surface area contributed by atoms with Crippen LogP contribution in [0.1, 0.15) is 189 Å². The predicted molar refractivity (Wildman–Crippen MR) is 303 cm³/mol. The van der Waals surface area contributed by atoms with Crippen LogP contribution in [0.5, 0.6) is 0 Å². The van der Waals surface area contributed by atoms with E-state index in [1.165, 1.54) is 19.1 Å². The van der Waals surface area contributed by atoms with Crippen LogP contribution in [0.25, 0.3) is 0 Å². The zero-order chi connectivity index (χ0) is 60.1. The van der Waals surface area contributed by atoms with E-state index in [0.717, 1.165) is 90.9 Å². The van der Waals surface area contributed by atoms with Gasteiger partial charge in [0.2, 0.25) is 6.10 Å². The van der Waals surface area contributed by atoms with Crippen LogP contribution < -0.4 is 5.32 Å². The number of amides is 1. The highest BCUT2D eigenvalue weighted by Gasteiger charge is 2.78. The van der Waals surface area contributed by atoms with Crippen molar-refractivity contribution in [2.24, 2.45) is 16.7 Å². The first-order valence-corrected chi connectivity index (χ1v) is 29.5. The topological polar surface area (TPSA) is 265 Å². The molecule has 18 heteroatoms. The number of hydrogen-bond acceptors (Lipinski definition) is 16. The van der Waals surface area contributed by atoms with E-state index in [1.807, 2.05) is 0 Å². The summed E-state index contributed by atoms with van der Waals surface area (Å²) < 4.78 is 37.3. The van der Waals surface area contributed by atoms with Crippen LogP contribution in [0.15, 0.2) is 102 Å². The van der Waals surface area contributed by atoms with Crippen molar-refractivity contribution in [2.45, 2.75) is 211 Å². The van der Waals surface area contributed by atoms with Crippen molar-refractivity contribution in [3.05, 3.63) is 119 Å². The normalized spacial score (nSPS) is 26.7. The lowest BCUT2D eigenvalue weighted by atomic mass is 9.44. The minimum Gasteiger partial charge on any atom is -0.481 e. The number of aliphatic hydroxyl groups is 2. The average Bonchev–Trinajstić information content (AvgIpc) is 0.707. The number of nitrogens with one attached hydrogen (secondary N) is 1. The van der Waals surface area contributed by atoms with Gasteiger partial charge in [0.1, 0.15) is 30.0 Å². The van der Waals surface area contributed by atoms with Crippen LogP contribution in [-0.4, -0.2) is 117 Å². The smallest absolute Gasteiger partial charge is 0.350 e. The molecule has 0 radical (unpaired) electrons. The van der Waals surface area contributed by atoms with E-state index in [2.05, 4.69) is 5.32 Å². The number of aliphatic hydroxyl groups excluding tert-OH is 1. The van der Waals surface area contributed by atoms with Crippen LogP contribution in [0.2, 0.25) is 0 Å². The molecule has 3 aliphatic carbocycles. The zero-order valence-corrected chi connectivity index (χ0v) is 48.8. The highest BCUT2D eigenvalue weighted by Crippen LogP contribution is 2.64. The van der Waals surface area contributed by atoms with Gasteiger partial charge in [-0.25, -0.2) is 9.59 Å². The van der Waals surface area contributed by atoms with E-state index < -0.39 is 125 Å². The number of ether oxygens (including phenoxy) is 6. The van der Waals surface area contributed by atoms with Crippen LogP contribution in [0.4, 0.5) is 0 Å². The van der Waals surface area contributed by atoms with Crippen molar-refractivity contribution in [3.63, 3.8) is 0 Å². The standard InChI is InChI=1S/C65H83NO17/c1-41-47(39-65(77)58(82-60(75)46-34-26-21-27-35-46)56-63(6,48(69)38-49-64(56,40-78-49)83-43(3)68)57(73)54(79-42(2)67)52(41)62(65,4)5)80-61(76)55(53(44-30-22-19-23-31-44)66-59(74)45-32-24-20-25-33-45)81-51(72)37-29-18-16-14-12-10-8-7-9-11-13-15-17-28-36-50(70)71/h19-27,30-35,47-49,53-56,58,69,77H,7-18,28-29,36-40H2,1-6H3,(H,66,74)(H,70,71). The molecule has 83 heavy (non-hydrogen) atoms. The summed E-state index contributed by atoms with van der Waals surface area (Å²) in [4.78, 5) is 111. The molecule has 11 unspecified atom stereocenters. The van der Waals surface area contributed by atoms with Gasteiger partial charge in [0.25, 0.3) is 5.91 Å². The molecule has 3 fully saturated rings. The number of esters is 5. The van der Waals surface area contributed by atoms with Crippen molar-refractivity contribution >= 4 is 47.5 Å². The third-order valence-corrected chi connectivity index (χ3v) is 17.7. The van der Waals surface area contributed by atoms with Crippen molar-refractivity contribution in [3.8, 4) is 0 Å². The van der Waals surface area contributed by atoms with Gasteiger partial charge in [0.15, 0.2) is 17.5 Å². The van der Waals surface area contributed by atoms with E-state index in [0.29, 0.717) is 18.4 Å². The summed E-state index contributed by atoms with van der Waals surface area (Å²) in [7, 11) is 0. The molecule has 3 aromatic rings. The van der Waals surface area contributed by atoms with Crippen LogP contribution in [0.3, 0.4) is 0 Å². The quantitative estimate of drug-likeness (QED) is 0.0228. The number of Topliss-reactive ketones (excluding diaryl/α,β-unsaturated/α-hetero) is 1. The minimum atomic E-state index is -2.45. The molecule has 1 saturated heterocycles. The molecular formula is C65H83NO17. The van der Waals surface area contributed by atoms with Crippen LogP contribution >= 0.6 is 0 Å². The second-order valence-electron chi connectivity index (χ2n) is 23.7. The van der Waals surface area contributed by atoms with E-state index >= 15 is 9.59 Å². The molecule has 450 valence electrons. The number of fused-ring (bicyclic) bond motifs is 5. The minimum absolute atomic E-state index is 0.0192. The molecule has 1 aliphatic heterocycles. The molecule has 11 atom stereocenters. The summed E-state index contributed by atoms with van der Waals surface area (Å²) in [5.41, 5.74) is -7.27. The number of ketones is 1. The Morgan fingerprint density at radius 3 is 1.71 bits per heavy atom. The summed E-state index contributed by atoms with van der Waals surface area (Å²) >= 11 is 0. The van der Waals surface area contributed by atoms with Crippen molar-refractivity contribution in [1.29, 1.82) is 0 Å². The number of carbonyl (C=O) groups excluding carboxylic acids is 7. The molecule has 4 aliphatic rings. The maximum absolute atomic E-state index is 15.8. The first-order valence-electron chi connectivity index (χ1n) is 29.5. The van der Waals surface area contributed by atoms with Gasteiger partial charge in [0.05, 0.1) is 29.6 Å². The Morgan fingerprint density at radius 2 is 1.20 bits per heavy atom. The number of benzene rings is 3. The first-order chi connectivity index (χ1) is 39.6. The van der Waals surface area contributed by atoms with Crippen molar-refractivity contribution < 1.29 is 82.1 Å². The van der Waals surface area contributed by atoms with E-state index in [-0.39, 0.29) is 48.1 Å². The van der Waals surface area contributed by atoms with Gasteiger partial charge in [-0.1, -0.05) is 158 Å². The lowest BCUT2D eigenvalue weighted by Crippen LogP contribution is -2.82. The highest BCUT2D eigenvalue weighted by atomic mass is 16.6. The molecular weight excluding hydrogens is 1070 g/mol. The van der Waals surface area contributed by atoms with Gasteiger partial charge in [0, 0.05) is 50.5 Å². The SMILES string of the molecule is CC(=O)OC1C(=O)C2(C)C(O)CC3OCC3(OC(C)=O)C2C(OC(=O)c2ccccc2)C2(O)CC(OC(=O)C(OC(=O)CCCCCCCCCCCCCCCCC(=O)O)C(NC(=O)c3ccccc3)c3ccccc3)C(C)=C1C2(C)C. The van der Waals surface area contributed by atoms with Crippen molar-refractivity contribution in [1.82, 2.24) is 5.32 Å². The molecule has 0 spiro atoms. The monoisotopic (exact) mass is 1150 g/mol. The molecule has 18 nitrogen and oxygen atoms in total. The second kappa shape index (κ2) is 28.2. The van der Waals surface area contributed by atoms with Gasteiger partial charge in [-0.3, -0.25) is 28.8 Å². The van der Waals surface area contributed by atoms with Gasteiger partial charge < -0.3 is 49.1 Å². The Kier molecular flexibility index (Phi) is 21.7. The predicted octanol–water partition coefficient (Wildman–Crippen LogP) is 9.61. The Morgan fingerprint density at radius 1 is 0.687 bits per heavy atom. The Bertz CT molecular complexity index is 2800. The lowest BCUT2D eigenvalue weighted by molar-refractivity contribution is -0.346. The molecule has 0 aromatic heterocycles. The Labute approximate surface area is 486 Å². The van der Waals surface area contributed by atoms with E-state index in [1.54, 1.807) is 99.6 Å². The number of carboxylic acid groups (broad SMARTS) is 1. The maximum Gasteiger partial charge on any atom is 0.350 e. The average molecular weight is 1150 g/mol. The highest BCUT2D eigenvalue weighted by molar-refractivity contribution is 5.96. The number of hydrogen-bond donors (Lipinski definition) is 4. The second-order valence-corrected chi connectivity index (χ2v) is 23.7. The number of carbonyl (C=O) groups is 8. The summed E-state index contributed by atoms with van der Waals surface area (Å²) in [6.45, 7) is 8.01. The van der Waals surface area contributed by atoms with Gasteiger partial charge >= 0.3 is 35.8 Å². The molecule has 3 aromatic carbocycles. The molecule has 2 saturated carbocycles. The van der Waals surface area contributed by atoms with Gasteiger partial charge in [-0.2, -0.15) is 0 Å². The number of rotatable bonds is 28. The first kappa shape index (κ1) is 63.8. The van der Waals surface area contributed by atoms with Gasteiger partial charge in [-0.15, -0.1) is 0 Å². The number of carboxylic acids is 1. The van der Waals surface area contributed by atoms with Crippen LogP contribution in [0, 0.1) is 16.7 Å². The molecule has 2 bridgehead atoms. The molecule has 7 rings (SSSR count). The largest absolute Gasteiger partial charge is 0.481 e. The van der Waals surface area contributed by atoms with Gasteiger partial charge in [-0.05, 0) is 67.7 Å². The van der Waals surface area contributed by atoms with Crippen LogP contribution in [-0.2, 0) is 57.2 Å². The number of aliphatic carboxylic acids is 1. The van der Waals surface area contributed by atoms with Crippen molar-refractivity contribution in [2.75, 3.05) is 6.61 Å². The Hall–Kier alpha value is -6.76. The lowest BCUT2D eigenvalue weighted by Gasteiger charge is -2.67. The molecule has 1 amide bonds. The summed E-state index contributed by atoms with van der Waals surface area (Å²) in [5.74, 6) is -8.37.